The molecule has 1 atom stereocenters. The lowest BCUT2D eigenvalue weighted by Gasteiger charge is -2.35. The summed E-state index contributed by atoms with van der Waals surface area (Å²) < 4.78 is 2.14. The third-order valence-corrected chi connectivity index (χ3v) is 5.99. The Kier molecular flexibility index (Phi) is 4.70. The van der Waals surface area contributed by atoms with E-state index in [0.29, 0.717) is 6.04 Å². The molecule has 1 fully saturated rings. The van der Waals surface area contributed by atoms with E-state index >= 15 is 0 Å². The summed E-state index contributed by atoms with van der Waals surface area (Å²) in [5.41, 5.74) is 2.61. The summed E-state index contributed by atoms with van der Waals surface area (Å²) in [6, 6.07) is 13.7. The summed E-state index contributed by atoms with van der Waals surface area (Å²) in [6.45, 7) is 6.16. The van der Waals surface area contributed by atoms with Crippen LogP contribution < -0.4 is 5.32 Å². The summed E-state index contributed by atoms with van der Waals surface area (Å²) in [5.74, 6) is 1.14. The predicted octanol–water partition coefficient (Wildman–Crippen LogP) is 3.60. The molecule has 1 N–H and O–H groups in total. The number of benzene rings is 1. The van der Waals surface area contributed by atoms with E-state index in [9.17, 15) is 0 Å². The van der Waals surface area contributed by atoms with Crippen molar-refractivity contribution in [1.82, 2.24) is 19.8 Å². The maximum absolute atomic E-state index is 4.58. The Hall–Kier alpha value is -1.95. The number of nitrogens with zero attached hydrogens (tertiary/aromatic N) is 3. The van der Waals surface area contributed by atoms with E-state index in [1.165, 1.54) is 20.9 Å². The third-order valence-electron chi connectivity index (χ3n) is 4.87. The summed E-state index contributed by atoms with van der Waals surface area (Å²) in [6.07, 6.45) is 3.92. The SMILES string of the molecule is Cc1ccc(-c2ccc(CN3CCNCC3c3nccn3C)s2)cc1. The molecule has 1 saturated heterocycles. The second-order valence-electron chi connectivity index (χ2n) is 6.72. The largest absolute Gasteiger partial charge is 0.337 e. The van der Waals surface area contributed by atoms with Gasteiger partial charge in [0.25, 0.3) is 0 Å². The van der Waals surface area contributed by atoms with E-state index in [1.54, 1.807) is 0 Å². The van der Waals surface area contributed by atoms with Crippen molar-refractivity contribution in [2.75, 3.05) is 19.6 Å². The van der Waals surface area contributed by atoms with Crippen molar-refractivity contribution in [3.05, 3.63) is 65.1 Å². The van der Waals surface area contributed by atoms with E-state index in [4.69, 9.17) is 0 Å². The highest BCUT2D eigenvalue weighted by molar-refractivity contribution is 7.15. The molecule has 5 heteroatoms. The van der Waals surface area contributed by atoms with Crippen molar-refractivity contribution >= 4 is 11.3 Å². The molecule has 4 rings (SSSR count). The van der Waals surface area contributed by atoms with Crippen LogP contribution in [0.25, 0.3) is 10.4 Å². The number of aromatic nitrogens is 2. The fraction of sp³-hybridized carbons (Fsp3) is 0.350. The standard InChI is InChI=1S/C20H24N4S/c1-15-3-5-16(6-4-15)19-8-7-17(25-19)14-24-12-9-21-13-18(24)20-22-10-11-23(20)2/h3-8,10-11,18,21H,9,12-14H2,1-2H3. The molecular formula is C20H24N4S. The van der Waals surface area contributed by atoms with E-state index in [2.05, 4.69) is 70.1 Å². The number of imidazole rings is 1. The summed E-state index contributed by atoms with van der Waals surface area (Å²) >= 11 is 1.90. The average Bonchev–Trinajstić information content (AvgIpc) is 3.25. The first-order chi connectivity index (χ1) is 12.2. The van der Waals surface area contributed by atoms with Crippen LogP contribution in [0.5, 0.6) is 0 Å². The Morgan fingerprint density at radius 1 is 1.20 bits per heavy atom. The Bertz CT molecular complexity index is 834. The van der Waals surface area contributed by atoms with Gasteiger partial charge in [-0.1, -0.05) is 29.8 Å². The van der Waals surface area contributed by atoms with Gasteiger partial charge in [0.1, 0.15) is 5.82 Å². The number of nitrogens with one attached hydrogen (secondary N) is 1. The zero-order valence-corrected chi connectivity index (χ0v) is 15.6. The van der Waals surface area contributed by atoms with Gasteiger partial charge >= 0.3 is 0 Å². The second kappa shape index (κ2) is 7.12. The Morgan fingerprint density at radius 2 is 2.04 bits per heavy atom. The number of aryl methyl sites for hydroxylation is 2. The molecule has 0 aliphatic carbocycles. The van der Waals surface area contributed by atoms with Gasteiger partial charge in [0, 0.05) is 55.4 Å². The fourth-order valence-electron chi connectivity index (χ4n) is 3.42. The van der Waals surface area contributed by atoms with Gasteiger partial charge in [-0.3, -0.25) is 4.90 Å². The van der Waals surface area contributed by atoms with Crippen molar-refractivity contribution in [2.24, 2.45) is 7.05 Å². The first-order valence-electron chi connectivity index (χ1n) is 8.78. The monoisotopic (exact) mass is 352 g/mol. The quantitative estimate of drug-likeness (QED) is 0.779. The Labute approximate surface area is 153 Å². The fourth-order valence-corrected chi connectivity index (χ4v) is 4.46. The van der Waals surface area contributed by atoms with Gasteiger partial charge in [-0.05, 0) is 24.6 Å². The van der Waals surface area contributed by atoms with Gasteiger partial charge in [-0.15, -0.1) is 11.3 Å². The molecule has 1 aliphatic heterocycles. The normalized spacial score (nSPS) is 18.6. The highest BCUT2D eigenvalue weighted by atomic mass is 32.1. The first-order valence-corrected chi connectivity index (χ1v) is 9.60. The molecule has 2 aromatic heterocycles. The molecule has 3 heterocycles. The lowest BCUT2D eigenvalue weighted by molar-refractivity contribution is 0.146. The van der Waals surface area contributed by atoms with Crippen LogP contribution in [0.2, 0.25) is 0 Å². The van der Waals surface area contributed by atoms with E-state index in [0.717, 1.165) is 32.0 Å². The van der Waals surface area contributed by atoms with Gasteiger partial charge in [-0.25, -0.2) is 4.98 Å². The minimum absolute atomic E-state index is 0.332. The van der Waals surface area contributed by atoms with Crippen molar-refractivity contribution in [2.45, 2.75) is 19.5 Å². The van der Waals surface area contributed by atoms with Gasteiger partial charge in [0.05, 0.1) is 6.04 Å². The van der Waals surface area contributed by atoms with Crippen molar-refractivity contribution in [3.8, 4) is 10.4 Å². The van der Waals surface area contributed by atoms with Crippen molar-refractivity contribution < 1.29 is 0 Å². The molecule has 0 bridgehead atoms. The van der Waals surface area contributed by atoms with E-state index in [-0.39, 0.29) is 0 Å². The first kappa shape index (κ1) is 16.5. The lowest BCUT2D eigenvalue weighted by Crippen LogP contribution is -2.46. The third kappa shape index (κ3) is 3.54. The molecule has 0 saturated carbocycles. The highest BCUT2D eigenvalue weighted by Gasteiger charge is 2.27. The predicted molar refractivity (Wildman–Crippen MR) is 104 cm³/mol. The minimum Gasteiger partial charge on any atom is -0.337 e. The van der Waals surface area contributed by atoms with Crippen LogP contribution in [0.15, 0.2) is 48.8 Å². The molecule has 0 spiro atoms. The minimum atomic E-state index is 0.332. The second-order valence-corrected chi connectivity index (χ2v) is 7.89. The highest BCUT2D eigenvalue weighted by Crippen LogP contribution is 2.31. The van der Waals surface area contributed by atoms with E-state index in [1.807, 2.05) is 23.7 Å². The van der Waals surface area contributed by atoms with Crippen LogP contribution in [0.4, 0.5) is 0 Å². The van der Waals surface area contributed by atoms with Gasteiger partial charge in [-0.2, -0.15) is 0 Å². The molecule has 1 unspecified atom stereocenters. The molecule has 3 aromatic rings. The zero-order valence-electron chi connectivity index (χ0n) is 14.8. The van der Waals surface area contributed by atoms with Gasteiger partial charge in [0.15, 0.2) is 0 Å². The molecule has 1 aromatic carbocycles. The Morgan fingerprint density at radius 3 is 2.80 bits per heavy atom. The molecular weight excluding hydrogens is 328 g/mol. The Balaban J connectivity index is 1.52. The topological polar surface area (TPSA) is 33.1 Å². The molecule has 0 amide bonds. The zero-order chi connectivity index (χ0) is 17.2. The van der Waals surface area contributed by atoms with Crippen LogP contribution in [0.3, 0.4) is 0 Å². The number of piperazine rings is 1. The lowest BCUT2D eigenvalue weighted by atomic mass is 10.1. The maximum Gasteiger partial charge on any atom is 0.127 e. The van der Waals surface area contributed by atoms with Crippen LogP contribution in [0, 0.1) is 6.92 Å². The van der Waals surface area contributed by atoms with Crippen molar-refractivity contribution in [1.29, 1.82) is 0 Å². The van der Waals surface area contributed by atoms with Crippen molar-refractivity contribution in [3.63, 3.8) is 0 Å². The molecule has 1 aliphatic rings. The van der Waals surface area contributed by atoms with Crippen LogP contribution in [-0.4, -0.2) is 34.1 Å². The number of rotatable bonds is 4. The smallest absolute Gasteiger partial charge is 0.127 e. The number of hydrogen-bond acceptors (Lipinski definition) is 4. The van der Waals surface area contributed by atoms with Crippen LogP contribution in [0.1, 0.15) is 22.3 Å². The molecule has 25 heavy (non-hydrogen) atoms. The van der Waals surface area contributed by atoms with E-state index < -0.39 is 0 Å². The van der Waals surface area contributed by atoms with Gasteiger partial charge in [0.2, 0.25) is 0 Å². The summed E-state index contributed by atoms with van der Waals surface area (Å²) in [7, 11) is 2.08. The molecule has 4 nitrogen and oxygen atoms in total. The average molecular weight is 353 g/mol. The molecule has 130 valence electrons. The molecule has 0 radical (unpaired) electrons. The van der Waals surface area contributed by atoms with Crippen LogP contribution in [-0.2, 0) is 13.6 Å². The van der Waals surface area contributed by atoms with Gasteiger partial charge < -0.3 is 9.88 Å². The maximum atomic E-state index is 4.58. The number of hydrogen-bond donors (Lipinski definition) is 1. The summed E-state index contributed by atoms with van der Waals surface area (Å²) in [5, 5.41) is 3.51. The number of thiophene rings is 1. The van der Waals surface area contributed by atoms with Crippen LogP contribution >= 0.6 is 11.3 Å². The summed E-state index contributed by atoms with van der Waals surface area (Å²) in [4.78, 5) is 9.88.